The average molecular weight is 164 g/mol. The molecule has 2 unspecified atom stereocenters. The summed E-state index contributed by atoms with van der Waals surface area (Å²) in [6.45, 7) is 0. The van der Waals surface area contributed by atoms with Crippen molar-refractivity contribution in [3.05, 3.63) is 0 Å². The number of hydrogen-bond acceptors (Lipinski definition) is 4. The van der Waals surface area contributed by atoms with Crippen LogP contribution in [0.3, 0.4) is 0 Å². The number of carboxylic acid groups (broad SMARTS) is 1. The molecule has 0 aliphatic heterocycles. The molecule has 5 nitrogen and oxygen atoms in total. The molecule has 2 N–H and O–H groups in total. The lowest BCUT2D eigenvalue weighted by atomic mass is 10.2. The number of aliphatic carboxylic acids is 1. The largest absolute Gasteiger partial charge is 0.481 e. The van der Waals surface area contributed by atoms with Gasteiger partial charge in [-0.3, -0.25) is 4.79 Å². The Morgan fingerprint density at radius 3 is 2.27 bits per heavy atom. The minimum Gasteiger partial charge on any atom is -0.481 e. The summed E-state index contributed by atoms with van der Waals surface area (Å²) in [6, 6.07) is 0. The maximum absolute atomic E-state index is 10.1. The highest BCUT2D eigenvalue weighted by Gasteiger charge is 2.20. The fourth-order valence-corrected chi connectivity index (χ4v) is 0.624. The van der Waals surface area contributed by atoms with Crippen LogP contribution in [0.5, 0.6) is 0 Å². The second-order valence-electron chi connectivity index (χ2n) is 2.00. The first-order valence-corrected chi connectivity index (χ1v) is 3.07. The molecule has 5 heteroatoms. The van der Waals surface area contributed by atoms with Crippen LogP contribution in [-0.2, 0) is 14.3 Å². The molecule has 0 aromatic rings. The molecule has 0 heterocycles. The Morgan fingerprint density at radius 1 is 1.45 bits per heavy atom. The smallest absolute Gasteiger partial charge is 0.306 e. The van der Waals surface area contributed by atoms with Gasteiger partial charge in [-0.15, -0.1) is 0 Å². The molecule has 0 saturated heterocycles. The van der Waals surface area contributed by atoms with Gasteiger partial charge in [-0.2, -0.15) is 0 Å². The molecular formula is C6H12O5. The van der Waals surface area contributed by atoms with Crippen molar-refractivity contribution in [2.45, 2.75) is 18.8 Å². The predicted octanol–water partition coefficient (Wildman–Crippen LogP) is -0.559. The van der Waals surface area contributed by atoms with Gasteiger partial charge in [-0.05, 0) is 0 Å². The molecule has 66 valence electrons. The number of aliphatic hydroxyl groups is 1. The molecule has 0 fully saturated rings. The number of carbonyl (C=O) groups is 1. The fraction of sp³-hybridized carbons (Fsp3) is 0.833. The summed E-state index contributed by atoms with van der Waals surface area (Å²) in [7, 11) is 2.59. The second kappa shape index (κ2) is 5.06. The van der Waals surface area contributed by atoms with E-state index in [1.54, 1.807) is 0 Å². The Bertz CT molecular complexity index is 124. The zero-order chi connectivity index (χ0) is 8.85. The van der Waals surface area contributed by atoms with Crippen molar-refractivity contribution >= 4 is 5.97 Å². The molecule has 11 heavy (non-hydrogen) atoms. The molecular weight excluding hydrogens is 152 g/mol. The summed E-state index contributed by atoms with van der Waals surface area (Å²) in [4.78, 5) is 10.1. The first-order valence-electron chi connectivity index (χ1n) is 3.07. The zero-order valence-electron chi connectivity index (χ0n) is 6.48. The molecule has 0 aromatic carbocycles. The van der Waals surface area contributed by atoms with Crippen molar-refractivity contribution in [2.75, 3.05) is 14.2 Å². The van der Waals surface area contributed by atoms with E-state index in [4.69, 9.17) is 10.2 Å². The quantitative estimate of drug-likeness (QED) is 0.533. The van der Waals surface area contributed by atoms with Gasteiger partial charge in [-0.25, -0.2) is 0 Å². The molecule has 0 aliphatic carbocycles. The second-order valence-corrected chi connectivity index (χ2v) is 2.00. The van der Waals surface area contributed by atoms with Crippen LogP contribution in [0.15, 0.2) is 0 Å². The number of methoxy groups -OCH3 is 2. The number of carboxylic acids is 1. The molecule has 0 spiro atoms. The highest BCUT2D eigenvalue weighted by atomic mass is 16.6. The van der Waals surface area contributed by atoms with Gasteiger partial charge >= 0.3 is 5.97 Å². The summed E-state index contributed by atoms with van der Waals surface area (Å²) in [5, 5.41) is 17.3. The molecule has 0 rings (SSSR count). The lowest BCUT2D eigenvalue weighted by Crippen LogP contribution is -2.31. The maximum Gasteiger partial charge on any atom is 0.306 e. The molecule has 0 aromatic heterocycles. The van der Waals surface area contributed by atoms with Crippen molar-refractivity contribution in [2.24, 2.45) is 0 Å². The van der Waals surface area contributed by atoms with E-state index in [0.717, 1.165) is 0 Å². The summed E-state index contributed by atoms with van der Waals surface area (Å²) < 4.78 is 9.13. The number of hydrogen-bond donors (Lipinski definition) is 2. The Morgan fingerprint density at radius 2 is 2.00 bits per heavy atom. The first-order chi connectivity index (χ1) is 5.11. The Labute approximate surface area is 64.5 Å². The highest BCUT2D eigenvalue weighted by molar-refractivity contribution is 5.67. The molecule has 0 radical (unpaired) electrons. The van der Waals surface area contributed by atoms with E-state index in [9.17, 15) is 4.79 Å². The van der Waals surface area contributed by atoms with Gasteiger partial charge in [-0.1, -0.05) is 0 Å². The number of ether oxygens (including phenoxy) is 2. The van der Waals surface area contributed by atoms with Crippen LogP contribution in [0, 0.1) is 0 Å². The van der Waals surface area contributed by atoms with Crippen LogP contribution in [0.1, 0.15) is 6.42 Å². The van der Waals surface area contributed by atoms with Crippen molar-refractivity contribution in [3.8, 4) is 0 Å². The Hall–Kier alpha value is -0.650. The summed E-state index contributed by atoms with van der Waals surface area (Å²) in [5.74, 6) is -1.03. The zero-order valence-corrected chi connectivity index (χ0v) is 6.48. The number of aliphatic hydroxyl groups excluding tert-OH is 1. The SMILES string of the molecule is COC(O)C(CC(=O)O)OC. The minimum atomic E-state index is -1.18. The van der Waals surface area contributed by atoms with Crippen molar-refractivity contribution in [1.29, 1.82) is 0 Å². The topological polar surface area (TPSA) is 76.0 Å². The van der Waals surface area contributed by atoms with Crippen molar-refractivity contribution in [1.82, 2.24) is 0 Å². The van der Waals surface area contributed by atoms with E-state index < -0.39 is 18.4 Å². The van der Waals surface area contributed by atoms with E-state index in [1.807, 2.05) is 0 Å². The van der Waals surface area contributed by atoms with Crippen LogP contribution < -0.4 is 0 Å². The molecule has 0 saturated carbocycles. The van der Waals surface area contributed by atoms with Gasteiger partial charge in [0.25, 0.3) is 0 Å². The normalized spacial score (nSPS) is 15.9. The summed E-state index contributed by atoms with van der Waals surface area (Å²) in [5.41, 5.74) is 0. The van der Waals surface area contributed by atoms with E-state index in [1.165, 1.54) is 14.2 Å². The van der Waals surface area contributed by atoms with E-state index in [0.29, 0.717) is 0 Å². The monoisotopic (exact) mass is 164 g/mol. The number of rotatable bonds is 5. The minimum absolute atomic E-state index is 0.272. The van der Waals surface area contributed by atoms with Crippen LogP contribution in [0.25, 0.3) is 0 Å². The van der Waals surface area contributed by atoms with Gasteiger partial charge in [0.05, 0.1) is 6.42 Å². The van der Waals surface area contributed by atoms with Crippen LogP contribution in [0.2, 0.25) is 0 Å². The van der Waals surface area contributed by atoms with E-state index >= 15 is 0 Å². The van der Waals surface area contributed by atoms with Crippen molar-refractivity contribution in [3.63, 3.8) is 0 Å². The van der Waals surface area contributed by atoms with Crippen LogP contribution >= 0.6 is 0 Å². The van der Waals surface area contributed by atoms with Gasteiger partial charge in [0.15, 0.2) is 6.29 Å². The Balaban J connectivity index is 3.84. The Kier molecular flexibility index (Phi) is 4.76. The van der Waals surface area contributed by atoms with E-state index in [2.05, 4.69) is 9.47 Å². The van der Waals surface area contributed by atoms with Gasteiger partial charge in [0.2, 0.25) is 0 Å². The van der Waals surface area contributed by atoms with Crippen LogP contribution in [-0.4, -0.2) is 42.8 Å². The first kappa shape index (κ1) is 10.3. The van der Waals surface area contributed by atoms with Crippen LogP contribution in [0.4, 0.5) is 0 Å². The highest BCUT2D eigenvalue weighted by Crippen LogP contribution is 2.03. The molecule has 2 atom stereocenters. The third kappa shape index (κ3) is 3.92. The standard InChI is InChI=1S/C6H12O5/c1-10-4(3-5(7)8)6(9)11-2/h4,6,9H,3H2,1-2H3,(H,7,8). The average Bonchev–Trinajstić information content (AvgIpc) is 1.98. The third-order valence-corrected chi connectivity index (χ3v) is 1.24. The summed E-state index contributed by atoms with van der Waals surface area (Å²) in [6.07, 6.45) is -2.26. The fourth-order valence-electron chi connectivity index (χ4n) is 0.624. The maximum atomic E-state index is 10.1. The van der Waals surface area contributed by atoms with E-state index in [-0.39, 0.29) is 6.42 Å². The lowest BCUT2D eigenvalue weighted by molar-refractivity contribution is -0.168. The van der Waals surface area contributed by atoms with Gasteiger partial charge < -0.3 is 19.7 Å². The third-order valence-electron chi connectivity index (χ3n) is 1.24. The van der Waals surface area contributed by atoms with Gasteiger partial charge in [0.1, 0.15) is 6.10 Å². The van der Waals surface area contributed by atoms with Gasteiger partial charge in [0, 0.05) is 14.2 Å². The lowest BCUT2D eigenvalue weighted by Gasteiger charge is -2.17. The predicted molar refractivity (Wildman–Crippen MR) is 36.1 cm³/mol. The molecule has 0 amide bonds. The molecule has 0 aliphatic rings. The van der Waals surface area contributed by atoms with Crippen molar-refractivity contribution < 1.29 is 24.5 Å². The summed E-state index contributed by atoms with van der Waals surface area (Å²) >= 11 is 0. The molecule has 0 bridgehead atoms.